The van der Waals surface area contributed by atoms with Gasteiger partial charge < -0.3 is 40.7 Å². The van der Waals surface area contributed by atoms with Gasteiger partial charge in [-0.3, -0.25) is 4.79 Å². The number of benzene rings is 2. The molecule has 0 heterocycles. The number of aliphatic hydroxyl groups is 6. The zero-order valence-electron chi connectivity index (χ0n) is 16.0. The topological polar surface area (TPSA) is 160 Å². The number of carbonyl (C=O) groups is 1. The van der Waals surface area contributed by atoms with Gasteiger partial charge in [-0.05, 0) is 35.4 Å². The average Bonchev–Trinajstić information content (AvgIpc) is 2.77. The Bertz CT molecular complexity index is 874. The lowest BCUT2D eigenvalue weighted by molar-refractivity contribution is -0.332. The van der Waals surface area contributed by atoms with E-state index in [2.05, 4.69) is 5.32 Å². The summed E-state index contributed by atoms with van der Waals surface area (Å²) in [5.41, 5.74) is -0.232. The second kappa shape index (κ2) is 9.09. The van der Waals surface area contributed by atoms with Crippen LogP contribution in [-0.2, 0) is 0 Å². The molecule has 3 rings (SSSR count). The van der Waals surface area contributed by atoms with Gasteiger partial charge in [-0.1, -0.05) is 24.3 Å². The normalized spacial score (nSPS) is 26.5. The van der Waals surface area contributed by atoms with Crippen LogP contribution in [0, 0.1) is 5.92 Å². The first-order chi connectivity index (χ1) is 14.3. The smallest absolute Gasteiger partial charge is 0.251 e. The number of nitrogens with one attached hydrogen (secondary N) is 1. The maximum Gasteiger partial charge on any atom is 0.251 e. The molecule has 1 fully saturated rings. The molecule has 5 unspecified atom stereocenters. The van der Waals surface area contributed by atoms with Crippen molar-refractivity contribution in [3.63, 3.8) is 0 Å². The van der Waals surface area contributed by atoms with Crippen molar-refractivity contribution in [2.45, 2.75) is 24.1 Å². The van der Waals surface area contributed by atoms with Crippen LogP contribution in [0.25, 0.3) is 11.1 Å². The van der Waals surface area contributed by atoms with Crippen molar-refractivity contribution < 1.29 is 40.2 Å². The summed E-state index contributed by atoms with van der Waals surface area (Å²) >= 11 is 0. The molecule has 0 aliphatic heterocycles. The van der Waals surface area contributed by atoms with Crippen LogP contribution in [0.5, 0.6) is 5.75 Å². The minimum atomic E-state index is -2.19. The quantitative estimate of drug-likeness (QED) is 0.264. The molecule has 1 amide bonds. The molecule has 2 aromatic rings. The van der Waals surface area contributed by atoms with Crippen molar-refractivity contribution in [3.05, 3.63) is 54.1 Å². The van der Waals surface area contributed by atoms with Gasteiger partial charge in [-0.15, -0.1) is 0 Å². The third-order valence-electron chi connectivity index (χ3n) is 5.35. The summed E-state index contributed by atoms with van der Waals surface area (Å²) in [4.78, 5) is 12.0. The minimum Gasteiger partial charge on any atom is -0.462 e. The minimum absolute atomic E-state index is 0.150. The maximum absolute atomic E-state index is 12.0. The highest BCUT2D eigenvalue weighted by Crippen LogP contribution is 2.42. The molecule has 0 aromatic heterocycles. The maximum atomic E-state index is 12.0. The zero-order valence-corrected chi connectivity index (χ0v) is 16.0. The van der Waals surface area contributed by atoms with E-state index in [9.17, 15) is 30.3 Å². The molecule has 0 spiro atoms. The number of aliphatic hydroxyl groups excluding tert-OH is 5. The molecule has 0 bridgehead atoms. The predicted molar refractivity (Wildman–Crippen MR) is 105 cm³/mol. The second-order valence-corrected chi connectivity index (χ2v) is 7.17. The van der Waals surface area contributed by atoms with Crippen molar-refractivity contribution in [1.29, 1.82) is 0 Å². The number of rotatable bonds is 8. The Morgan fingerprint density at radius 3 is 2.43 bits per heavy atom. The van der Waals surface area contributed by atoms with E-state index in [0.29, 0.717) is 5.56 Å². The molecule has 5 atom stereocenters. The van der Waals surface area contributed by atoms with Crippen molar-refractivity contribution in [1.82, 2.24) is 5.32 Å². The van der Waals surface area contributed by atoms with E-state index < -0.39 is 36.6 Å². The van der Waals surface area contributed by atoms with Crippen LogP contribution in [0.4, 0.5) is 0 Å². The van der Waals surface area contributed by atoms with Gasteiger partial charge in [0.15, 0.2) is 5.60 Å². The SMILES string of the molecule is O=C(NCCO)c1cccc(-c2ccc(OC(O)C3(O)C(O)C(O)C3CO)cc2)c1. The summed E-state index contributed by atoms with van der Waals surface area (Å²) in [7, 11) is 0. The van der Waals surface area contributed by atoms with Crippen molar-refractivity contribution in [3.8, 4) is 16.9 Å². The lowest BCUT2D eigenvalue weighted by Gasteiger charge is -2.53. The Morgan fingerprint density at radius 1 is 1.10 bits per heavy atom. The van der Waals surface area contributed by atoms with Crippen LogP contribution < -0.4 is 10.1 Å². The Morgan fingerprint density at radius 2 is 1.80 bits per heavy atom. The molecule has 9 nitrogen and oxygen atoms in total. The molecule has 2 aromatic carbocycles. The Kier molecular flexibility index (Phi) is 6.71. The van der Waals surface area contributed by atoms with E-state index in [1.807, 2.05) is 6.07 Å². The largest absolute Gasteiger partial charge is 0.462 e. The van der Waals surface area contributed by atoms with Crippen molar-refractivity contribution in [2.24, 2.45) is 5.92 Å². The van der Waals surface area contributed by atoms with E-state index in [0.717, 1.165) is 11.1 Å². The number of hydrogen-bond acceptors (Lipinski definition) is 8. The van der Waals surface area contributed by atoms with Gasteiger partial charge in [-0.2, -0.15) is 0 Å². The Labute approximate surface area is 172 Å². The van der Waals surface area contributed by atoms with Crippen molar-refractivity contribution >= 4 is 5.91 Å². The second-order valence-electron chi connectivity index (χ2n) is 7.17. The molecular formula is C21H25NO8. The molecule has 1 aliphatic rings. The fourth-order valence-corrected chi connectivity index (χ4v) is 3.51. The summed E-state index contributed by atoms with van der Waals surface area (Å²) in [6.07, 6.45) is -4.87. The van der Waals surface area contributed by atoms with E-state index >= 15 is 0 Å². The Hall–Kier alpha value is -2.53. The van der Waals surface area contributed by atoms with Gasteiger partial charge in [0.1, 0.15) is 11.9 Å². The van der Waals surface area contributed by atoms with E-state index in [1.54, 1.807) is 30.3 Å². The number of ether oxygens (including phenoxy) is 1. The molecule has 1 saturated carbocycles. The summed E-state index contributed by atoms with van der Waals surface area (Å²) in [6.45, 7) is -0.619. The monoisotopic (exact) mass is 419 g/mol. The van der Waals surface area contributed by atoms with Gasteiger partial charge in [0.2, 0.25) is 6.29 Å². The van der Waals surface area contributed by atoms with Gasteiger partial charge in [0, 0.05) is 18.0 Å². The highest BCUT2D eigenvalue weighted by molar-refractivity contribution is 5.95. The summed E-state index contributed by atoms with van der Waals surface area (Å²) in [6, 6.07) is 13.3. The van der Waals surface area contributed by atoms with Crippen LogP contribution in [0.15, 0.2) is 48.5 Å². The Balaban J connectivity index is 1.71. The lowest BCUT2D eigenvalue weighted by Crippen LogP contribution is -2.76. The first-order valence-electron chi connectivity index (χ1n) is 9.46. The third-order valence-corrected chi connectivity index (χ3v) is 5.35. The molecule has 9 heteroatoms. The van der Waals surface area contributed by atoms with Crippen LogP contribution in [0.2, 0.25) is 0 Å². The van der Waals surface area contributed by atoms with Gasteiger partial charge in [0.05, 0.1) is 19.3 Å². The summed E-state index contributed by atoms with van der Waals surface area (Å²) in [5.74, 6) is -1.25. The average molecular weight is 419 g/mol. The third kappa shape index (κ3) is 4.04. The highest BCUT2D eigenvalue weighted by Gasteiger charge is 2.65. The number of amides is 1. The van der Waals surface area contributed by atoms with E-state index in [1.165, 1.54) is 12.1 Å². The molecule has 1 aliphatic carbocycles. The number of carbonyl (C=O) groups excluding carboxylic acids is 1. The van der Waals surface area contributed by atoms with Gasteiger partial charge in [-0.25, -0.2) is 0 Å². The highest BCUT2D eigenvalue weighted by atomic mass is 16.6. The molecule has 7 N–H and O–H groups in total. The van der Waals surface area contributed by atoms with Gasteiger partial charge in [0.25, 0.3) is 5.91 Å². The first-order valence-corrected chi connectivity index (χ1v) is 9.46. The predicted octanol–water partition coefficient (Wildman–Crippen LogP) is -1.15. The summed E-state index contributed by atoms with van der Waals surface area (Å²) < 4.78 is 5.30. The van der Waals surface area contributed by atoms with Crippen molar-refractivity contribution in [2.75, 3.05) is 19.8 Å². The zero-order chi connectivity index (χ0) is 21.9. The van der Waals surface area contributed by atoms with Gasteiger partial charge >= 0.3 is 0 Å². The van der Waals surface area contributed by atoms with Crippen LogP contribution >= 0.6 is 0 Å². The molecular weight excluding hydrogens is 394 g/mol. The first kappa shape index (κ1) is 22.2. The molecule has 30 heavy (non-hydrogen) atoms. The molecule has 0 saturated heterocycles. The van der Waals surface area contributed by atoms with Crippen LogP contribution in [-0.4, -0.2) is 80.4 Å². The van der Waals surface area contributed by atoms with E-state index in [4.69, 9.17) is 9.84 Å². The molecule has 162 valence electrons. The fourth-order valence-electron chi connectivity index (χ4n) is 3.51. The molecule has 0 radical (unpaired) electrons. The standard InChI is InChI=1S/C21H25NO8/c23-9-8-22-19(27)14-3-1-2-13(10-14)12-4-6-15(7-5-12)30-20(28)21(29)16(11-24)17(25)18(21)26/h1-7,10,16-18,20,23-26,28-29H,8-9,11H2,(H,22,27). The summed E-state index contributed by atoms with van der Waals surface area (Å²) in [5, 5.41) is 60.7. The van der Waals surface area contributed by atoms with Crippen LogP contribution in [0.3, 0.4) is 0 Å². The lowest BCUT2D eigenvalue weighted by atomic mass is 9.64. The number of hydrogen-bond donors (Lipinski definition) is 7. The van der Waals surface area contributed by atoms with E-state index in [-0.39, 0.29) is 24.8 Å². The fraction of sp³-hybridized carbons (Fsp3) is 0.381. The van der Waals surface area contributed by atoms with Crippen LogP contribution in [0.1, 0.15) is 10.4 Å².